The first-order valence-electron chi connectivity index (χ1n) is 7.22. The molecule has 0 aliphatic rings. The second-order valence-electron chi connectivity index (χ2n) is 5.17. The summed E-state index contributed by atoms with van der Waals surface area (Å²) in [5.74, 6) is 0.621. The maximum Gasteiger partial charge on any atom is 0.258 e. The molecule has 0 aliphatic heterocycles. The van der Waals surface area contributed by atoms with Crippen molar-refractivity contribution in [3.05, 3.63) is 28.8 Å². The summed E-state index contributed by atoms with van der Waals surface area (Å²) >= 11 is 4.98. The van der Waals surface area contributed by atoms with E-state index < -0.39 is 0 Å². The minimum atomic E-state index is -0.0964. The van der Waals surface area contributed by atoms with Crippen molar-refractivity contribution in [2.24, 2.45) is 5.73 Å². The van der Waals surface area contributed by atoms with Crippen LogP contribution in [-0.4, -0.2) is 23.5 Å². The van der Waals surface area contributed by atoms with Gasteiger partial charge in [-0.2, -0.15) is 0 Å². The molecule has 0 saturated heterocycles. The molecule has 0 fully saturated rings. The van der Waals surface area contributed by atoms with Gasteiger partial charge >= 0.3 is 0 Å². The quantitative estimate of drug-likeness (QED) is 0.760. The molecule has 1 aromatic carbocycles. The average molecular weight is 308 g/mol. The minimum Gasteiger partial charge on any atom is -0.483 e. The van der Waals surface area contributed by atoms with Gasteiger partial charge in [-0.25, -0.2) is 0 Å². The zero-order chi connectivity index (χ0) is 16.0. The molecule has 1 aromatic rings. The second-order valence-corrected chi connectivity index (χ2v) is 5.61. The van der Waals surface area contributed by atoms with Gasteiger partial charge in [-0.05, 0) is 49.9 Å². The van der Waals surface area contributed by atoms with E-state index in [2.05, 4.69) is 19.2 Å². The molecule has 1 rings (SSSR count). The highest BCUT2D eigenvalue weighted by Gasteiger charge is 2.12. The molecule has 0 heterocycles. The van der Waals surface area contributed by atoms with Crippen LogP contribution in [0.1, 0.15) is 43.4 Å². The summed E-state index contributed by atoms with van der Waals surface area (Å²) in [7, 11) is 0. The molecule has 0 saturated carbocycles. The fraction of sp³-hybridized carbons (Fsp3) is 0.500. The number of carbonyl (C=O) groups excluding carboxylic acids is 1. The number of ether oxygens (including phenoxy) is 1. The highest BCUT2D eigenvalue weighted by atomic mass is 32.1. The Morgan fingerprint density at radius 3 is 2.24 bits per heavy atom. The van der Waals surface area contributed by atoms with E-state index in [1.165, 1.54) is 0 Å². The van der Waals surface area contributed by atoms with Crippen molar-refractivity contribution in [1.82, 2.24) is 5.32 Å². The molecule has 21 heavy (non-hydrogen) atoms. The fourth-order valence-corrected chi connectivity index (χ4v) is 2.34. The zero-order valence-corrected chi connectivity index (χ0v) is 14.0. The lowest BCUT2D eigenvalue weighted by Crippen LogP contribution is -2.37. The molecule has 0 atom stereocenters. The Morgan fingerprint density at radius 2 is 1.81 bits per heavy atom. The van der Waals surface area contributed by atoms with E-state index in [-0.39, 0.29) is 18.6 Å². The lowest BCUT2D eigenvalue weighted by molar-refractivity contribution is -0.123. The predicted molar refractivity (Wildman–Crippen MR) is 89.8 cm³/mol. The molecule has 116 valence electrons. The number of carbonyl (C=O) groups is 1. The smallest absolute Gasteiger partial charge is 0.258 e. The largest absolute Gasteiger partial charge is 0.483 e. The first kappa shape index (κ1) is 17.4. The average Bonchev–Trinajstić information content (AvgIpc) is 2.43. The maximum absolute atomic E-state index is 11.9. The van der Waals surface area contributed by atoms with Crippen molar-refractivity contribution in [3.63, 3.8) is 0 Å². The Balaban J connectivity index is 2.72. The molecule has 0 unspecified atom stereocenters. The van der Waals surface area contributed by atoms with Gasteiger partial charge < -0.3 is 15.8 Å². The summed E-state index contributed by atoms with van der Waals surface area (Å²) in [6.07, 6.45) is 1.84. The molecular formula is C16H24N2O2S. The SMILES string of the molecule is CCC(CC)NC(=O)COc1c(C)cc(C(N)=S)cc1C. The first-order chi connectivity index (χ1) is 9.88. The van der Waals surface area contributed by atoms with Crippen molar-refractivity contribution < 1.29 is 9.53 Å². The number of rotatable bonds is 7. The highest BCUT2D eigenvalue weighted by Crippen LogP contribution is 2.24. The van der Waals surface area contributed by atoms with E-state index in [0.717, 1.165) is 35.3 Å². The molecule has 0 aliphatic carbocycles. The number of benzene rings is 1. The molecule has 0 aromatic heterocycles. The predicted octanol–water partition coefficient (Wildman–Crippen LogP) is 2.62. The summed E-state index contributed by atoms with van der Waals surface area (Å²) in [6.45, 7) is 7.96. The number of nitrogens with two attached hydrogens (primary N) is 1. The maximum atomic E-state index is 11.9. The normalized spacial score (nSPS) is 10.5. The van der Waals surface area contributed by atoms with Crippen LogP contribution in [0.3, 0.4) is 0 Å². The van der Waals surface area contributed by atoms with Gasteiger partial charge in [-0.1, -0.05) is 26.1 Å². The molecule has 3 N–H and O–H groups in total. The van der Waals surface area contributed by atoms with E-state index in [9.17, 15) is 4.79 Å². The molecule has 1 amide bonds. The summed E-state index contributed by atoms with van der Waals surface area (Å²) in [5, 5.41) is 2.95. The lowest BCUT2D eigenvalue weighted by Gasteiger charge is -2.17. The van der Waals surface area contributed by atoms with Crippen LogP contribution >= 0.6 is 12.2 Å². The molecule has 0 bridgehead atoms. The third-order valence-corrected chi connectivity index (χ3v) is 3.68. The van der Waals surface area contributed by atoms with Gasteiger partial charge in [-0.15, -0.1) is 0 Å². The zero-order valence-electron chi connectivity index (χ0n) is 13.2. The summed E-state index contributed by atoms with van der Waals surface area (Å²) < 4.78 is 5.66. The Bertz CT molecular complexity index is 502. The number of hydrogen-bond donors (Lipinski definition) is 2. The number of thiocarbonyl (C=S) groups is 1. The lowest BCUT2D eigenvalue weighted by atomic mass is 10.1. The van der Waals surface area contributed by atoms with Crippen LogP contribution in [0.25, 0.3) is 0 Å². The molecular weight excluding hydrogens is 284 g/mol. The Morgan fingerprint density at radius 1 is 1.29 bits per heavy atom. The third kappa shape index (κ3) is 5.01. The summed E-state index contributed by atoms with van der Waals surface area (Å²) in [4.78, 5) is 12.2. The second kappa shape index (κ2) is 7.98. The number of aryl methyl sites for hydroxylation is 2. The third-order valence-electron chi connectivity index (χ3n) is 3.44. The van der Waals surface area contributed by atoms with Gasteiger partial charge in [0.15, 0.2) is 6.61 Å². The first-order valence-corrected chi connectivity index (χ1v) is 7.63. The van der Waals surface area contributed by atoms with E-state index in [1.807, 2.05) is 26.0 Å². The molecule has 0 spiro atoms. The standard InChI is InChI=1S/C16H24N2O2S/c1-5-13(6-2)18-14(19)9-20-15-10(3)7-12(16(17)21)8-11(15)4/h7-8,13H,5-6,9H2,1-4H3,(H2,17,21)(H,18,19). The Hall–Kier alpha value is -1.62. The number of nitrogens with one attached hydrogen (secondary N) is 1. The summed E-state index contributed by atoms with van der Waals surface area (Å²) in [5.41, 5.74) is 8.30. The van der Waals surface area contributed by atoms with Crippen molar-refractivity contribution in [2.75, 3.05) is 6.61 Å². The van der Waals surface area contributed by atoms with E-state index in [4.69, 9.17) is 22.7 Å². The number of hydrogen-bond acceptors (Lipinski definition) is 3. The minimum absolute atomic E-state index is 0.0185. The Kier molecular flexibility index (Phi) is 6.62. The van der Waals surface area contributed by atoms with Crippen LogP contribution in [0, 0.1) is 13.8 Å². The van der Waals surface area contributed by atoms with Crippen molar-refractivity contribution in [3.8, 4) is 5.75 Å². The fourth-order valence-electron chi connectivity index (χ4n) is 2.22. The van der Waals surface area contributed by atoms with E-state index in [1.54, 1.807) is 0 Å². The van der Waals surface area contributed by atoms with Crippen LogP contribution < -0.4 is 15.8 Å². The highest BCUT2D eigenvalue weighted by molar-refractivity contribution is 7.80. The molecule has 4 nitrogen and oxygen atoms in total. The van der Waals surface area contributed by atoms with Crippen LogP contribution in [0.2, 0.25) is 0 Å². The van der Waals surface area contributed by atoms with Gasteiger partial charge in [0, 0.05) is 11.6 Å². The topological polar surface area (TPSA) is 64.3 Å². The van der Waals surface area contributed by atoms with Crippen LogP contribution in [-0.2, 0) is 4.79 Å². The van der Waals surface area contributed by atoms with Crippen LogP contribution in [0.5, 0.6) is 5.75 Å². The van der Waals surface area contributed by atoms with Crippen molar-refractivity contribution in [1.29, 1.82) is 0 Å². The van der Waals surface area contributed by atoms with Crippen molar-refractivity contribution >= 4 is 23.1 Å². The molecule has 0 radical (unpaired) electrons. The van der Waals surface area contributed by atoms with Crippen LogP contribution in [0.4, 0.5) is 0 Å². The summed E-state index contributed by atoms with van der Waals surface area (Å²) in [6, 6.07) is 3.97. The van der Waals surface area contributed by atoms with Gasteiger partial charge in [-0.3, -0.25) is 4.79 Å². The molecule has 5 heteroatoms. The van der Waals surface area contributed by atoms with E-state index >= 15 is 0 Å². The van der Waals surface area contributed by atoms with Gasteiger partial charge in [0.05, 0.1) is 0 Å². The van der Waals surface area contributed by atoms with E-state index in [0.29, 0.717) is 4.99 Å². The Labute approximate surface area is 132 Å². The van der Waals surface area contributed by atoms with Gasteiger partial charge in [0.1, 0.15) is 10.7 Å². The number of amides is 1. The van der Waals surface area contributed by atoms with Gasteiger partial charge in [0.25, 0.3) is 5.91 Å². The monoisotopic (exact) mass is 308 g/mol. The van der Waals surface area contributed by atoms with Gasteiger partial charge in [0.2, 0.25) is 0 Å². The van der Waals surface area contributed by atoms with Crippen molar-refractivity contribution in [2.45, 2.75) is 46.6 Å². The van der Waals surface area contributed by atoms with Crippen LogP contribution in [0.15, 0.2) is 12.1 Å².